The summed E-state index contributed by atoms with van der Waals surface area (Å²) in [5.74, 6) is 0.0799. The smallest absolute Gasteiger partial charge is 0.410 e. The zero-order valence-corrected chi connectivity index (χ0v) is 13.1. The first-order valence-electron chi connectivity index (χ1n) is 7.52. The lowest BCUT2D eigenvalue weighted by Gasteiger charge is -2.23. The highest BCUT2D eigenvalue weighted by Crippen LogP contribution is 2.19. The van der Waals surface area contributed by atoms with Gasteiger partial charge in [0, 0.05) is 6.54 Å². The van der Waals surface area contributed by atoms with Gasteiger partial charge in [-0.05, 0) is 30.2 Å². The second kappa shape index (κ2) is 8.19. The Kier molecular flexibility index (Phi) is 6.00. The minimum absolute atomic E-state index is 0.0799. The molecule has 0 bridgehead atoms. The standard InChI is InChI=1S/C18H21NO4/c1-2-19(12-17(21)15-9-6-10-16(20)11-15)18(22)23-13-14-7-4-3-5-8-14/h3-11,17,20-21H,2,12-13H2,1H3. The maximum Gasteiger partial charge on any atom is 0.410 e. The molecule has 1 unspecified atom stereocenters. The Morgan fingerprint density at radius 2 is 1.91 bits per heavy atom. The first-order valence-corrected chi connectivity index (χ1v) is 7.52. The van der Waals surface area contributed by atoms with Crippen LogP contribution < -0.4 is 0 Å². The number of nitrogens with zero attached hydrogens (tertiary/aromatic N) is 1. The number of rotatable bonds is 6. The number of ether oxygens (including phenoxy) is 1. The van der Waals surface area contributed by atoms with E-state index in [1.807, 2.05) is 37.3 Å². The van der Waals surface area contributed by atoms with E-state index in [-0.39, 0.29) is 18.9 Å². The van der Waals surface area contributed by atoms with Crippen LogP contribution in [0.25, 0.3) is 0 Å². The maximum atomic E-state index is 12.1. The highest BCUT2D eigenvalue weighted by molar-refractivity contribution is 5.67. The molecule has 1 atom stereocenters. The number of aromatic hydroxyl groups is 1. The second-order valence-electron chi connectivity index (χ2n) is 5.19. The minimum Gasteiger partial charge on any atom is -0.508 e. The van der Waals surface area contributed by atoms with Crippen molar-refractivity contribution in [1.82, 2.24) is 4.90 Å². The van der Waals surface area contributed by atoms with Gasteiger partial charge in [-0.1, -0.05) is 42.5 Å². The van der Waals surface area contributed by atoms with E-state index >= 15 is 0 Å². The van der Waals surface area contributed by atoms with Crippen LogP contribution >= 0.6 is 0 Å². The summed E-state index contributed by atoms with van der Waals surface area (Å²) in [7, 11) is 0. The Bertz CT molecular complexity index is 630. The van der Waals surface area contributed by atoms with E-state index in [4.69, 9.17) is 4.74 Å². The molecule has 0 aliphatic heterocycles. The highest BCUT2D eigenvalue weighted by Gasteiger charge is 2.18. The molecule has 2 N–H and O–H groups in total. The molecule has 2 aromatic rings. The zero-order valence-electron chi connectivity index (χ0n) is 13.1. The van der Waals surface area contributed by atoms with Gasteiger partial charge >= 0.3 is 6.09 Å². The van der Waals surface area contributed by atoms with Crippen molar-refractivity contribution in [1.29, 1.82) is 0 Å². The quantitative estimate of drug-likeness (QED) is 0.859. The summed E-state index contributed by atoms with van der Waals surface area (Å²) in [6.45, 7) is 2.54. The first-order chi connectivity index (χ1) is 11.1. The average Bonchev–Trinajstić information content (AvgIpc) is 2.58. The number of aliphatic hydroxyl groups excluding tert-OH is 1. The van der Waals surface area contributed by atoms with Crippen molar-refractivity contribution >= 4 is 6.09 Å². The van der Waals surface area contributed by atoms with Crippen molar-refractivity contribution in [2.24, 2.45) is 0 Å². The number of hydrogen-bond acceptors (Lipinski definition) is 4. The largest absolute Gasteiger partial charge is 0.508 e. The van der Waals surface area contributed by atoms with E-state index < -0.39 is 12.2 Å². The van der Waals surface area contributed by atoms with Crippen LogP contribution in [-0.4, -0.2) is 34.3 Å². The Morgan fingerprint density at radius 1 is 1.17 bits per heavy atom. The molecular weight excluding hydrogens is 294 g/mol. The number of amides is 1. The van der Waals surface area contributed by atoms with Crippen molar-refractivity contribution in [3.8, 4) is 5.75 Å². The molecule has 2 rings (SSSR count). The van der Waals surface area contributed by atoms with Gasteiger partial charge in [0.25, 0.3) is 0 Å². The van der Waals surface area contributed by atoms with Crippen LogP contribution in [0.15, 0.2) is 54.6 Å². The van der Waals surface area contributed by atoms with E-state index in [9.17, 15) is 15.0 Å². The van der Waals surface area contributed by atoms with Gasteiger partial charge in [-0.25, -0.2) is 4.79 Å². The summed E-state index contributed by atoms with van der Waals surface area (Å²) in [4.78, 5) is 13.6. The van der Waals surface area contributed by atoms with Crippen molar-refractivity contribution in [2.45, 2.75) is 19.6 Å². The summed E-state index contributed by atoms with van der Waals surface area (Å²) in [6, 6.07) is 15.8. The monoisotopic (exact) mass is 315 g/mol. The van der Waals surface area contributed by atoms with Gasteiger partial charge in [0.2, 0.25) is 0 Å². The summed E-state index contributed by atoms with van der Waals surface area (Å²) in [5, 5.41) is 19.7. The third-order valence-corrected chi connectivity index (χ3v) is 3.49. The number of phenols is 1. The molecule has 0 aliphatic carbocycles. The van der Waals surface area contributed by atoms with Gasteiger partial charge in [-0.3, -0.25) is 0 Å². The van der Waals surface area contributed by atoms with Crippen LogP contribution in [0.4, 0.5) is 4.79 Å². The number of likely N-dealkylation sites (N-methyl/N-ethyl adjacent to an activating group) is 1. The van der Waals surface area contributed by atoms with Crippen LogP contribution in [0.1, 0.15) is 24.2 Å². The summed E-state index contributed by atoms with van der Waals surface area (Å²) in [6.07, 6.45) is -1.36. The average molecular weight is 315 g/mol. The molecule has 1 amide bonds. The first kappa shape index (κ1) is 16.8. The molecule has 0 spiro atoms. The predicted molar refractivity (Wildman–Crippen MR) is 86.9 cm³/mol. The normalized spacial score (nSPS) is 11.7. The summed E-state index contributed by atoms with van der Waals surface area (Å²) in [5.41, 5.74) is 1.46. The fourth-order valence-corrected chi connectivity index (χ4v) is 2.19. The highest BCUT2D eigenvalue weighted by atomic mass is 16.6. The molecule has 5 nitrogen and oxygen atoms in total. The van der Waals surface area contributed by atoms with Crippen LogP contribution in [0, 0.1) is 0 Å². The lowest BCUT2D eigenvalue weighted by molar-refractivity contribution is 0.0707. The maximum absolute atomic E-state index is 12.1. The van der Waals surface area contributed by atoms with Gasteiger partial charge in [-0.15, -0.1) is 0 Å². The Hall–Kier alpha value is -2.53. The van der Waals surface area contributed by atoms with Gasteiger partial charge in [-0.2, -0.15) is 0 Å². The van der Waals surface area contributed by atoms with Crippen molar-refractivity contribution in [3.63, 3.8) is 0 Å². The summed E-state index contributed by atoms with van der Waals surface area (Å²) >= 11 is 0. The third-order valence-electron chi connectivity index (χ3n) is 3.49. The van der Waals surface area contributed by atoms with Crippen LogP contribution in [0.3, 0.4) is 0 Å². The second-order valence-corrected chi connectivity index (χ2v) is 5.19. The molecule has 0 aliphatic rings. The molecule has 23 heavy (non-hydrogen) atoms. The van der Waals surface area contributed by atoms with Crippen LogP contribution in [-0.2, 0) is 11.3 Å². The SMILES string of the molecule is CCN(CC(O)c1cccc(O)c1)C(=O)OCc1ccccc1. The van der Waals surface area contributed by atoms with Crippen LogP contribution in [0.2, 0.25) is 0 Å². The number of carbonyl (C=O) groups is 1. The van der Waals surface area contributed by atoms with Crippen molar-refractivity contribution in [2.75, 3.05) is 13.1 Å². The number of aliphatic hydroxyl groups is 1. The Balaban J connectivity index is 1.92. The fraction of sp³-hybridized carbons (Fsp3) is 0.278. The number of carbonyl (C=O) groups excluding carboxylic acids is 1. The molecule has 122 valence electrons. The third kappa shape index (κ3) is 5.00. The van der Waals surface area contributed by atoms with Gasteiger partial charge in [0.15, 0.2) is 0 Å². The van der Waals surface area contributed by atoms with E-state index in [2.05, 4.69) is 0 Å². The fourth-order valence-electron chi connectivity index (χ4n) is 2.19. The van der Waals surface area contributed by atoms with E-state index in [1.165, 1.54) is 17.0 Å². The summed E-state index contributed by atoms with van der Waals surface area (Å²) < 4.78 is 5.27. The molecule has 0 heterocycles. The van der Waals surface area contributed by atoms with Crippen molar-refractivity contribution < 1.29 is 19.7 Å². The molecule has 5 heteroatoms. The lowest BCUT2D eigenvalue weighted by atomic mass is 10.1. The van der Waals surface area contributed by atoms with E-state index in [0.29, 0.717) is 12.1 Å². The molecule has 0 aromatic heterocycles. The topological polar surface area (TPSA) is 70.0 Å². The molecule has 0 radical (unpaired) electrons. The molecule has 0 fully saturated rings. The number of phenolic OH excluding ortho intramolecular Hbond substituents is 1. The van der Waals surface area contributed by atoms with E-state index in [0.717, 1.165) is 5.56 Å². The number of hydrogen-bond donors (Lipinski definition) is 2. The van der Waals surface area contributed by atoms with Gasteiger partial charge in [0.1, 0.15) is 12.4 Å². The molecular formula is C18H21NO4. The Labute approximate surface area is 135 Å². The molecule has 2 aromatic carbocycles. The lowest BCUT2D eigenvalue weighted by Crippen LogP contribution is -2.35. The zero-order chi connectivity index (χ0) is 16.7. The van der Waals surface area contributed by atoms with Gasteiger partial charge < -0.3 is 19.8 Å². The molecule has 0 saturated carbocycles. The van der Waals surface area contributed by atoms with Crippen LogP contribution in [0.5, 0.6) is 5.75 Å². The Morgan fingerprint density at radius 3 is 2.57 bits per heavy atom. The predicted octanol–water partition coefficient (Wildman–Crippen LogP) is 3.08. The van der Waals surface area contributed by atoms with Crippen molar-refractivity contribution in [3.05, 3.63) is 65.7 Å². The molecule has 0 saturated heterocycles. The van der Waals surface area contributed by atoms with Gasteiger partial charge in [0.05, 0.1) is 12.6 Å². The van der Waals surface area contributed by atoms with E-state index in [1.54, 1.807) is 12.1 Å². The number of benzene rings is 2. The minimum atomic E-state index is -0.883.